The fourth-order valence-electron chi connectivity index (χ4n) is 2.10. The molecule has 0 aromatic carbocycles. The SMILES string of the molecule is CC(C)O[C@H]1CCN(C(=O)CO)[C@H](C)C1. The highest BCUT2D eigenvalue weighted by Gasteiger charge is 2.28. The third kappa shape index (κ3) is 3.47. The molecule has 88 valence electrons. The van der Waals surface area contributed by atoms with Crippen molar-refractivity contribution < 1.29 is 14.6 Å². The molecule has 1 aliphatic heterocycles. The van der Waals surface area contributed by atoms with E-state index in [4.69, 9.17) is 9.84 Å². The molecule has 0 spiro atoms. The van der Waals surface area contributed by atoms with Crippen molar-refractivity contribution in [2.45, 2.75) is 51.9 Å². The summed E-state index contributed by atoms with van der Waals surface area (Å²) in [4.78, 5) is 13.1. The highest BCUT2D eigenvalue weighted by molar-refractivity contribution is 5.77. The summed E-state index contributed by atoms with van der Waals surface area (Å²) < 4.78 is 5.72. The van der Waals surface area contributed by atoms with Crippen LogP contribution in [0.4, 0.5) is 0 Å². The molecule has 0 saturated carbocycles. The largest absolute Gasteiger partial charge is 0.387 e. The van der Waals surface area contributed by atoms with Crippen LogP contribution >= 0.6 is 0 Å². The Kier molecular flexibility index (Phi) is 4.54. The Balaban J connectivity index is 2.44. The number of piperidine rings is 1. The van der Waals surface area contributed by atoms with Crippen molar-refractivity contribution in [3.63, 3.8) is 0 Å². The minimum atomic E-state index is -0.389. The number of carbonyl (C=O) groups is 1. The number of aliphatic hydroxyl groups excluding tert-OH is 1. The second kappa shape index (κ2) is 5.47. The number of amides is 1. The molecule has 1 amide bonds. The molecule has 2 atom stereocenters. The Labute approximate surface area is 91.2 Å². The fraction of sp³-hybridized carbons (Fsp3) is 0.909. The van der Waals surface area contributed by atoms with E-state index in [1.807, 2.05) is 20.8 Å². The standard InChI is InChI=1S/C11H21NO3/c1-8(2)15-10-4-5-12(9(3)6-10)11(14)7-13/h8-10,13H,4-7H2,1-3H3/t9-,10+/m1/s1. The van der Waals surface area contributed by atoms with Crippen LogP contribution in [0.2, 0.25) is 0 Å². The normalized spacial score (nSPS) is 27.1. The van der Waals surface area contributed by atoms with Crippen molar-refractivity contribution in [3.8, 4) is 0 Å². The molecule has 4 heteroatoms. The van der Waals surface area contributed by atoms with Crippen molar-refractivity contribution >= 4 is 5.91 Å². The van der Waals surface area contributed by atoms with E-state index in [0.717, 1.165) is 12.8 Å². The molecule has 1 saturated heterocycles. The third-order valence-corrected chi connectivity index (χ3v) is 2.75. The van der Waals surface area contributed by atoms with E-state index >= 15 is 0 Å². The molecular formula is C11H21NO3. The molecule has 15 heavy (non-hydrogen) atoms. The zero-order valence-corrected chi connectivity index (χ0v) is 9.77. The first kappa shape index (κ1) is 12.5. The summed E-state index contributed by atoms with van der Waals surface area (Å²) in [7, 11) is 0. The van der Waals surface area contributed by atoms with Crippen molar-refractivity contribution in [2.24, 2.45) is 0 Å². The lowest BCUT2D eigenvalue weighted by atomic mass is 10.0. The number of carbonyl (C=O) groups excluding carboxylic acids is 1. The van der Waals surface area contributed by atoms with Gasteiger partial charge in [-0.25, -0.2) is 0 Å². The Morgan fingerprint density at radius 2 is 2.27 bits per heavy atom. The molecule has 4 nitrogen and oxygen atoms in total. The highest BCUT2D eigenvalue weighted by Crippen LogP contribution is 2.20. The Morgan fingerprint density at radius 3 is 2.73 bits per heavy atom. The molecule has 0 unspecified atom stereocenters. The summed E-state index contributed by atoms with van der Waals surface area (Å²) in [5, 5.41) is 8.79. The van der Waals surface area contributed by atoms with Crippen LogP contribution in [-0.4, -0.2) is 47.3 Å². The summed E-state index contributed by atoms with van der Waals surface area (Å²) in [6.07, 6.45) is 2.23. The maximum Gasteiger partial charge on any atom is 0.248 e. The molecule has 1 N–H and O–H groups in total. The van der Waals surface area contributed by atoms with Crippen LogP contribution in [0.1, 0.15) is 33.6 Å². The van der Waals surface area contributed by atoms with Gasteiger partial charge in [0.1, 0.15) is 6.61 Å². The number of nitrogens with zero attached hydrogens (tertiary/aromatic N) is 1. The van der Waals surface area contributed by atoms with Crippen molar-refractivity contribution in [3.05, 3.63) is 0 Å². The third-order valence-electron chi connectivity index (χ3n) is 2.75. The highest BCUT2D eigenvalue weighted by atomic mass is 16.5. The summed E-state index contributed by atoms with van der Waals surface area (Å²) in [5.41, 5.74) is 0. The molecule has 0 radical (unpaired) electrons. The molecule has 1 aliphatic rings. The first-order valence-corrected chi connectivity index (χ1v) is 5.60. The van der Waals surface area contributed by atoms with Crippen LogP contribution in [-0.2, 0) is 9.53 Å². The van der Waals surface area contributed by atoms with E-state index in [9.17, 15) is 4.79 Å². The average molecular weight is 215 g/mol. The van der Waals surface area contributed by atoms with E-state index in [0.29, 0.717) is 6.54 Å². The predicted octanol–water partition coefficient (Wildman–Crippen LogP) is 0.783. The van der Waals surface area contributed by atoms with Gasteiger partial charge in [-0.05, 0) is 33.6 Å². The van der Waals surface area contributed by atoms with Crippen LogP contribution in [0.5, 0.6) is 0 Å². The number of rotatable bonds is 3. The van der Waals surface area contributed by atoms with Gasteiger partial charge >= 0.3 is 0 Å². The minimum absolute atomic E-state index is 0.169. The van der Waals surface area contributed by atoms with Crippen LogP contribution < -0.4 is 0 Å². The van der Waals surface area contributed by atoms with Gasteiger partial charge in [0.25, 0.3) is 0 Å². The summed E-state index contributed by atoms with van der Waals surface area (Å²) >= 11 is 0. The molecule has 0 aliphatic carbocycles. The Bertz CT molecular complexity index is 218. The van der Waals surface area contributed by atoms with E-state index in [1.165, 1.54) is 0 Å². The van der Waals surface area contributed by atoms with Gasteiger partial charge in [-0.1, -0.05) is 0 Å². The lowest BCUT2D eigenvalue weighted by Crippen LogP contribution is -2.48. The minimum Gasteiger partial charge on any atom is -0.387 e. The molecule has 0 bridgehead atoms. The molecule has 1 fully saturated rings. The van der Waals surface area contributed by atoms with Gasteiger partial charge in [-0.2, -0.15) is 0 Å². The van der Waals surface area contributed by atoms with E-state index in [-0.39, 0.29) is 30.8 Å². The second-order valence-electron chi connectivity index (χ2n) is 4.43. The summed E-state index contributed by atoms with van der Waals surface area (Å²) in [6.45, 7) is 6.35. The Morgan fingerprint density at radius 1 is 1.60 bits per heavy atom. The number of aliphatic hydroxyl groups is 1. The van der Waals surface area contributed by atoms with E-state index in [2.05, 4.69) is 0 Å². The molecule has 1 rings (SSSR count). The number of ether oxygens (including phenoxy) is 1. The van der Waals surface area contributed by atoms with Gasteiger partial charge in [0.05, 0.1) is 12.2 Å². The number of hydrogen-bond donors (Lipinski definition) is 1. The first-order valence-electron chi connectivity index (χ1n) is 5.60. The van der Waals surface area contributed by atoms with Crippen LogP contribution in [0.25, 0.3) is 0 Å². The van der Waals surface area contributed by atoms with Crippen molar-refractivity contribution in [1.29, 1.82) is 0 Å². The topological polar surface area (TPSA) is 49.8 Å². The van der Waals surface area contributed by atoms with Crippen molar-refractivity contribution in [1.82, 2.24) is 4.90 Å². The van der Waals surface area contributed by atoms with E-state index in [1.54, 1.807) is 4.90 Å². The van der Waals surface area contributed by atoms with Gasteiger partial charge in [0.2, 0.25) is 5.91 Å². The lowest BCUT2D eigenvalue weighted by molar-refractivity contribution is -0.140. The lowest BCUT2D eigenvalue weighted by Gasteiger charge is -2.37. The van der Waals surface area contributed by atoms with Crippen LogP contribution in [0.3, 0.4) is 0 Å². The zero-order valence-electron chi connectivity index (χ0n) is 9.77. The summed E-state index contributed by atoms with van der Waals surface area (Å²) in [6, 6.07) is 0.169. The monoisotopic (exact) mass is 215 g/mol. The molecule has 0 aromatic rings. The molecule has 0 aromatic heterocycles. The predicted molar refractivity (Wildman–Crippen MR) is 57.5 cm³/mol. The number of likely N-dealkylation sites (tertiary alicyclic amines) is 1. The van der Waals surface area contributed by atoms with Crippen LogP contribution in [0, 0.1) is 0 Å². The van der Waals surface area contributed by atoms with Gasteiger partial charge in [0, 0.05) is 12.6 Å². The maximum absolute atomic E-state index is 11.3. The fourth-order valence-corrected chi connectivity index (χ4v) is 2.10. The average Bonchev–Trinajstić information content (AvgIpc) is 2.16. The molecule has 1 heterocycles. The first-order chi connectivity index (χ1) is 7.04. The maximum atomic E-state index is 11.3. The van der Waals surface area contributed by atoms with Gasteiger partial charge in [0.15, 0.2) is 0 Å². The van der Waals surface area contributed by atoms with Gasteiger partial charge < -0.3 is 14.7 Å². The van der Waals surface area contributed by atoms with Crippen molar-refractivity contribution in [2.75, 3.05) is 13.2 Å². The Hall–Kier alpha value is -0.610. The van der Waals surface area contributed by atoms with Gasteiger partial charge in [-0.3, -0.25) is 4.79 Å². The smallest absolute Gasteiger partial charge is 0.248 e. The summed E-state index contributed by atoms with van der Waals surface area (Å²) in [5.74, 6) is -0.175. The second-order valence-corrected chi connectivity index (χ2v) is 4.43. The zero-order chi connectivity index (χ0) is 11.4. The van der Waals surface area contributed by atoms with Crippen LogP contribution in [0.15, 0.2) is 0 Å². The molecular weight excluding hydrogens is 194 g/mol. The van der Waals surface area contributed by atoms with E-state index < -0.39 is 0 Å². The quantitative estimate of drug-likeness (QED) is 0.757. The number of hydrogen-bond acceptors (Lipinski definition) is 3. The van der Waals surface area contributed by atoms with Gasteiger partial charge in [-0.15, -0.1) is 0 Å².